The van der Waals surface area contributed by atoms with Crippen molar-refractivity contribution in [2.75, 3.05) is 17.6 Å². The Morgan fingerprint density at radius 2 is 2.00 bits per heavy atom. The van der Waals surface area contributed by atoms with Gasteiger partial charge in [-0.05, 0) is 43.7 Å². The van der Waals surface area contributed by atoms with Gasteiger partial charge in [-0.2, -0.15) is 0 Å². The molecule has 0 bridgehead atoms. The van der Waals surface area contributed by atoms with Crippen LogP contribution in [0.1, 0.15) is 26.2 Å². The number of benzene rings is 1. The van der Waals surface area contributed by atoms with Crippen molar-refractivity contribution in [3.05, 3.63) is 24.3 Å². The summed E-state index contributed by atoms with van der Waals surface area (Å²) >= 11 is 0. The lowest BCUT2D eigenvalue weighted by atomic mass is 10.0. The van der Waals surface area contributed by atoms with Gasteiger partial charge in [0.1, 0.15) is 0 Å². The fraction of sp³-hybridized carbons (Fsp3) is 0.500. The first kappa shape index (κ1) is 15.0. The van der Waals surface area contributed by atoms with E-state index in [1.807, 2.05) is 0 Å². The van der Waals surface area contributed by atoms with Crippen LogP contribution in [0, 0.1) is 0 Å². The van der Waals surface area contributed by atoms with Gasteiger partial charge >= 0.3 is 0 Å². The molecule has 6 heteroatoms. The van der Waals surface area contributed by atoms with Crippen molar-refractivity contribution in [2.24, 2.45) is 0 Å². The highest BCUT2D eigenvalue weighted by molar-refractivity contribution is 7.91. The summed E-state index contributed by atoms with van der Waals surface area (Å²) in [6.07, 6.45) is 3.00. The fourth-order valence-electron chi connectivity index (χ4n) is 2.22. The molecule has 1 aromatic rings. The van der Waals surface area contributed by atoms with Gasteiger partial charge in [0.15, 0.2) is 9.84 Å². The molecule has 2 rings (SSSR count). The van der Waals surface area contributed by atoms with Crippen molar-refractivity contribution in [1.29, 1.82) is 0 Å². The van der Waals surface area contributed by atoms with Gasteiger partial charge < -0.3 is 10.6 Å². The van der Waals surface area contributed by atoms with Crippen LogP contribution in [0.15, 0.2) is 29.2 Å². The third kappa shape index (κ3) is 3.58. The molecule has 0 unspecified atom stereocenters. The van der Waals surface area contributed by atoms with Gasteiger partial charge in [0, 0.05) is 5.69 Å². The second-order valence-corrected chi connectivity index (χ2v) is 7.20. The highest BCUT2D eigenvalue weighted by Crippen LogP contribution is 2.16. The van der Waals surface area contributed by atoms with E-state index in [9.17, 15) is 13.2 Å². The minimum atomic E-state index is -3.19. The summed E-state index contributed by atoms with van der Waals surface area (Å²) in [5, 5.41) is 5.99. The summed E-state index contributed by atoms with van der Waals surface area (Å²) in [5.41, 5.74) is 0.623. The van der Waals surface area contributed by atoms with Crippen LogP contribution in [0.2, 0.25) is 0 Å². The van der Waals surface area contributed by atoms with E-state index in [1.54, 1.807) is 19.1 Å². The number of amides is 1. The molecular weight excluding hydrogens is 276 g/mol. The second kappa shape index (κ2) is 6.37. The van der Waals surface area contributed by atoms with Crippen LogP contribution in [0.5, 0.6) is 0 Å². The molecule has 1 fully saturated rings. The normalized spacial score (nSPS) is 19.6. The molecule has 1 saturated heterocycles. The minimum Gasteiger partial charge on any atom is -0.325 e. The van der Waals surface area contributed by atoms with Gasteiger partial charge in [-0.3, -0.25) is 4.79 Å². The van der Waals surface area contributed by atoms with Crippen LogP contribution >= 0.6 is 0 Å². The predicted molar refractivity (Wildman–Crippen MR) is 78.4 cm³/mol. The Morgan fingerprint density at radius 3 is 2.55 bits per heavy atom. The highest BCUT2D eigenvalue weighted by atomic mass is 32.2. The number of piperidine rings is 1. The molecule has 1 heterocycles. The van der Waals surface area contributed by atoms with Crippen molar-refractivity contribution in [3.8, 4) is 0 Å². The van der Waals surface area contributed by atoms with Gasteiger partial charge in [-0.15, -0.1) is 0 Å². The van der Waals surface area contributed by atoms with E-state index in [1.165, 1.54) is 12.1 Å². The molecule has 1 aliphatic heterocycles. The topological polar surface area (TPSA) is 75.3 Å². The Morgan fingerprint density at radius 1 is 1.30 bits per heavy atom. The summed E-state index contributed by atoms with van der Waals surface area (Å²) in [4.78, 5) is 12.3. The number of carbonyl (C=O) groups excluding carboxylic acids is 1. The van der Waals surface area contributed by atoms with E-state index in [-0.39, 0.29) is 22.6 Å². The average Bonchev–Trinajstić information content (AvgIpc) is 2.48. The lowest BCUT2D eigenvalue weighted by molar-refractivity contribution is -0.118. The molecule has 1 amide bonds. The molecule has 0 aliphatic carbocycles. The summed E-state index contributed by atoms with van der Waals surface area (Å²) in [7, 11) is -3.19. The molecule has 0 saturated carbocycles. The molecule has 110 valence electrons. The quantitative estimate of drug-likeness (QED) is 0.884. The number of hydrogen-bond acceptors (Lipinski definition) is 4. The van der Waals surface area contributed by atoms with Crippen LogP contribution < -0.4 is 10.6 Å². The van der Waals surface area contributed by atoms with E-state index in [2.05, 4.69) is 10.6 Å². The third-order valence-corrected chi connectivity index (χ3v) is 5.24. The molecule has 5 nitrogen and oxygen atoms in total. The number of sulfone groups is 1. The second-order valence-electron chi connectivity index (χ2n) is 4.92. The summed E-state index contributed by atoms with van der Waals surface area (Å²) in [5.74, 6) is 0.0147. The maximum Gasteiger partial charge on any atom is 0.241 e. The lowest BCUT2D eigenvalue weighted by Gasteiger charge is -2.22. The van der Waals surface area contributed by atoms with E-state index >= 15 is 0 Å². The Labute approximate surface area is 119 Å². The largest absolute Gasteiger partial charge is 0.325 e. The standard InChI is InChI=1S/C14H20N2O3S/c1-2-20(18,19)12-8-6-11(7-9-12)16-14(17)13-5-3-4-10-15-13/h6-9,13,15H,2-5,10H2,1H3,(H,16,17)/t13-/m0/s1. The molecule has 20 heavy (non-hydrogen) atoms. The molecule has 2 N–H and O–H groups in total. The first-order chi connectivity index (χ1) is 9.53. The highest BCUT2D eigenvalue weighted by Gasteiger charge is 2.20. The van der Waals surface area contributed by atoms with Crippen LogP contribution in [0.4, 0.5) is 5.69 Å². The van der Waals surface area contributed by atoms with Crippen LogP contribution in [0.3, 0.4) is 0 Å². The smallest absolute Gasteiger partial charge is 0.241 e. The Hall–Kier alpha value is -1.40. The van der Waals surface area contributed by atoms with Crippen molar-refractivity contribution in [1.82, 2.24) is 5.32 Å². The molecule has 1 aliphatic rings. The molecule has 1 atom stereocenters. The molecule has 0 radical (unpaired) electrons. The summed E-state index contributed by atoms with van der Waals surface area (Å²) < 4.78 is 23.4. The van der Waals surface area contributed by atoms with Crippen LogP contribution in [-0.2, 0) is 14.6 Å². The Bertz CT molecular complexity index is 561. The van der Waals surface area contributed by atoms with Crippen LogP contribution in [-0.4, -0.2) is 32.7 Å². The Balaban J connectivity index is 2.02. The molecular formula is C14H20N2O3S. The van der Waals surface area contributed by atoms with E-state index in [0.29, 0.717) is 5.69 Å². The predicted octanol–water partition coefficient (Wildman–Crippen LogP) is 1.56. The zero-order valence-corrected chi connectivity index (χ0v) is 12.4. The van der Waals surface area contributed by atoms with Crippen LogP contribution in [0.25, 0.3) is 0 Å². The molecule has 0 aromatic heterocycles. The number of carbonyl (C=O) groups is 1. The number of rotatable bonds is 4. The zero-order chi connectivity index (χ0) is 14.6. The van der Waals surface area contributed by atoms with Gasteiger partial charge in [-0.25, -0.2) is 8.42 Å². The lowest BCUT2D eigenvalue weighted by Crippen LogP contribution is -2.43. The van der Waals surface area contributed by atoms with E-state index < -0.39 is 9.84 Å². The van der Waals surface area contributed by atoms with E-state index in [4.69, 9.17) is 0 Å². The minimum absolute atomic E-state index is 0.0594. The van der Waals surface area contributed by atoms with E-state index in [0.717, 1.165) is 25.8 Å². The number of anilines is 1. The summed E-state index contributed by atoms with van der Waals surface area (Å²) in [6.45, 7) is 2.48. The van der Waals surface area contributed by atoms with Crippen molar-refractivity contribution >= 4 is 21.4 Å². The maximum absolute atomic E-state index is 12.0. The average molecular weight is 296 g/mol. The fourth-order valence-corrected chi connectivity index (χ4v) is 3.10. The van der Waals surface area contributed by atoms with Crippen molar-refractivity contribution in [3.63, 3.8) is 0 Å². The molecule has 0 spiro atoms. The monoisotopic (exact) mass is 296 g/mol. The Kier molecular flexibility index (Phi) is 4.77. The first-order valence-electron chi connectivity index (χ1n) is 6.90. The number of hydrogen-bond donors (Lipinski definition) is 2. The van der Waals surface area contributed by atoms with Crippen molar-refractivity contribution < 1.29 is 13.2 Å². The first-order valence-corrected chi connectivity index (χ1v) is 8.55. The summed E-state index contributed by atoms with van der Waals surface area (Å²) in [6, 6.07) is 6.17. The number of nitrogens with one attached hydrogen (secondary N) is 2. The third-order valence-electron chi connectivity index (χ3n) is 3.49. The maximum atomic E-state index is 12.0. The van der Waals surface area contributed by atoms with Gasteiger partial charge in [0.25, 0.3) is 0 Å². The zero-order valence-electron chi connectivity index (χ0n) is 11.6. The van der Waals surface area contributed by atoms with Crippen molar-refractivity contribution in [2.45, 2.75) is 37.1 Å². The SMILES string of the molecule is CCS(=O)(=O)c1ccc(NC(=O)[C@@H]2CCCCN2)cc1. The van der Waals surface area contributed by atoms with Gasteiger partial charge in [0.05, 0.1) is 16.7 Å². The van der Waals surface area contributed by atoms with Gasteiger partial charge in [0.2, 0.25) is 5.91 Å². The molecule has 1 aromatic carbocycles. The van der Waals surface area contributed by atoms with Gasteiger partial charge in [-0.1, -0.05) is 13.3 Å².